The quantitative estimate of drug-likeness (QED) is 0.619. The van der Waals surface area contributed by atoms with Gasteiger partial charge in [-0.3, -0.25) is 14.9 Å². The number of non-ortho nitro benzene ring substituents is 1. The Morgan fingerprint density at radius 2 is 2.13 bits per heavy atom. The van der Waals surface area contributed by atoms with Crippen LogP contribution < -0.4 is 5.73 Å². The normalized spacial score (nSPS) is 25.8. The number of halogens is 2. The molecule has 1 saturated carbocycles. The molecule has 3 atom stereocenters. The van der Waals surface area contributed by atoms with Crippen molar-refractivity contribution in [3.05, 3.63) is 38.3 Å². The molecule has 1 aliphatic carbocycles. The third kappa shape index (κ3) is 3.67. The lowest BCUT2D eigenvalue weighted by molar-refractivity contribution is -0.384. The highest BCUT2D eigenvalue weighted by molar-refractivity contribution is 9.10. The van der Waals surface area contributed by atoms with E-state index in [1.807, 2.05) is 4.90 Å². The van der Waals surface area contributed by atoms with Gasteiger partial charge >= 0.3 is 0 Å². The first kappa shape index (κ1) is 18.2. The Bertz CT molecular complexity index is 628. The Balaban J connectivity index is 0.00000192. The van der Waals surface area contributed by atoms with E-state index in [0.29, 0.717) is 16.3 Å². The van der Waals surface area contributed by atoms with Gasteiger partial charge in [0.05, 0.1) is 11.3 Å². The number of fused-ring (bicyclic) bond motifs is 1. The van der Waals surface area contributed by atoms with E-state index in [1.165, 1.54) is 12.1 Å². The molecule has 126 valence electrons. The smallest absolute Gasteiger partial charge is 0.270 e. The summed E-state index contributed by atoms with van der Waals surface area (Å²) < 4.78 is 0.603. The topological polar surface area (TPSA) is 89.5 Å². The highest BCUT2D eigenvalue weighted by Crippen LogP contribution is 2.37. The molecule has 0 radical (unpaired) electrons. The van der Waals surface area contributed by atoms with Crippen LogP contribution in [0, 0.1) is 22.0 Å². The largest absolute Gasteiger partial charge is 0.342 e. The molecule has 1 aromatic carbocycles. The molecule has 1 heterocycles. The molecule has 2 N–H and O–H groups in total. The van der Waals surface area contributed by atoms with E-state index in [1.54, 1.807) is 6.07 Å². The summed E-state index contributed by atoms with van der Waals surface area (Å²) >= 11 is 3.32. The fraction of sp³-hybridized carbons (Fsp3) is 0.533. The van der Waals surface area contributed by atoms with E-state index in [9.17, 15) is 14.9 Å². The minimum atomic E-state index is -0.445. The van der Waals surface area contributed by atoms with E-state index in [4.69, 9.17) is 5.73 Å². The molecule has 1 aromatic rings. The zero-order valence-electron chi connectivity index (χ0n) is 12.5. The second-order valence-corrected chi connectivity index (χ2v) is 7.03. The van der Waals surface area contributed by atoms with Crippen LogP contribution in [-0.2, 0) is 11.2 Å². The third-order valence-corrected chi connectivity index (χ3v) is 5.59. The SMILES string of the molecule is Cl.NC1CCC2CN(C(=O)Cc3ccc([N+](=O)[O-])cc3Br)CC12. The predicted octanol–water partition coefficient (Wildman–Crippen LogP) is 2.52. The highest BCUT2D eigenvalue weighted by atomic mass is 79.9. The molecule has 3 rings (SSSR count). The van der Waals surface area contributed by atoms with Gasteiger partial charge in [-0.2, -0.15) is 0 Å². The Morgan fingerprint density at radius 1 is 1.39 bits per heavy atom. The minimum Gasteiger partial charge on any atom is -0.342 e. The lowest BCUT2D eigenvalue weighted by Crippen LogP contribution is -2.34. The number of nitro benzene ring substituents is 1. The maximum absolute atomic E-state index is 12.5. The van der Waals surface area contributed by atoms with Gasteiger partial charge in [0.1, 0.15) is 0 Å². The molecule has 2 fully saturated rings. The monoisotopic (exact) mass is 403 g/mol. The fourth-order valence-electron chi connectivity index (χ4n) is 3.58. The van der Waals surface area contributed by atoms with Gasteiger partial charge in [-0.05, 0) is 30.2 Å². The summed E-state index contributed by atoms with van der Waals surface area (Å²) in [5.41, 5.74) is 6.89. The van der Waals surface area contributed by atoms with E-state index >= 15 is 0 Å². The van der Waals surface area contributed by atoms with Crippen molar-refractivity contribution in [1.82, 2.24) is 4.90 Å². The average molecular weight is 405 g/mol. The van der Waals surface area contributed by atoms with Crippen LogP contribution >= 0.6 is 28.3 Å². The summed E-state index contributed by atoms with van der Waals surface area (Å²) in [6.07, 6.45) is 2.43. The first-order valence-corrected chi connectivity index (χ1v) is 8.21. The number of hydrogen-bond acceptors (Lipinski definition) is 4. The van der Waals surface area contributed by atoms with Crippen LogP contribution in [0.15, 0.2) is 22.7 Å². The van der Waals surface area contributed by atoms with Gasteiger partial charge < -0.3 is 10.6 Å². The van der Waals surface area contributed by atoms with Crippen LogP contribution in [0.5, 0.6) is 0 Å². The first-order valence-electron chi connectivity index (χ1n) is 7.42. The molecular formula is C15H19BrClN3O3. The Kier molecular flexibility index (Phi) is 5.65. The summed E-state index contributed by atoms with van der Waals surface area (Å²) in [4.78, 5) is 24.6. The zero-order valence-corrected chi connectivity index (χ0v) is 14.9. The summed E-state index contributed by atoms with van der Waals surface area (Å²) in [6.45, 7) is 1.54. The Labute approximate surface area is 149 Å². The lowest BCUT2D eigenvalue weighted by Gasteiger charge is -2.19. The number of carbonyl (C=O) groups excluding carboxylic acids is 1. The molecular weight excluding hydrogens is 386 g/mol. The van der Waals surface area contributed by atoms with E-state index < -0.39 is 4.92 Å². The maximum atomic E-state index is 12.5. The maximum Gasteiger partial charge on any atom is 0.270 e. The van der Waals surface area contributed by atoms with Crippen molar-refractivity contribution in [1.29, 1.82) is 0 Å². The van der Waals surface area contributed by atoms with Gasteiger partial charge in [0.2, 0.25) is 5.91 Å². The van der Waals surface area contributed by atoms with Crippen molar-refractivity contribution in [2.75, 3.05) is 13.1 Å². The number of rotatable bonds is 3. The Hall–Kier alpha value is -1.18. The van der Waals surface area contributed by atoms with E-state index in [2.05, 4.69) is 15.9 Å². The number of likely N-dealkylation sites (tertiary alicyclic amines) is 1. The fourth-order valence-corrected chi connectivity index (χ4v) is 4.09. The average Bonchev–Trinajstić information content (AvgIpc) is 3.03. The summed E-state index contributed by atoms with van der Waals surface area (Å²) in [7, 11) is 0. The number of hydrogen-bond donors (Lipinski definition) is 1. The highest BCUT2D eigenvalue weighted by Gasteiger charge is 2.42. The zero-order chi connectivity index (χ0) is 15.9. The molecule has 1 amide bonds. The molecule has 0 spiro atoms. The van der Waals surface area contributed by atoms with Crippen molar-refractivity contribution in [3.8, 4) is 0 Å². The van der Waals surface area contributed by atoms with Crippen LogP contribution in [0.1, 0.15) is 18.4 Å². The molecule has 23 heavy (non-hydrogen) atoms. The number of nitrogens with two attached hydrogens (primary N) is 1. The molecule has 1 saturated heterocycles. The van der Waals surface area contributed by atoms with Crippen LogP contribution in [0.3, 0.4) is 0 Å². The molecule has 8 heteroatoms. The van der Waals surface area contributed by atoms with Gasteiger partial charge in [-0.25, -0.2) is 0 Å². The summed E-state index contributed by atoms with van der Waals surface area (Å²) in [5, 5.41) is 10.7. The van der Waals surface area contributed by atoms with E-state index in [0.717, 1.165) is 31.5 Å². The van der Waals surface area contributed by atoms with Gasteiger partial charge in [-0.1, -0.05) is 22.0 Å². The summed E-state index contributed by atoms with van der Waals surface area (Å²) in [6, 6.07) is 4.73. The van der Waals surface area contributed by atoms with Crippen molar-refractivity contribution < 1.29 is 9.72 Å². The lowest BCUT2D eigenvalue weighted by atomic mass is 9.98. The standard InChI is InChI=1S/C15H18BrN3O3.ClH/c16-13-6-11(19(21)22)3-1-9(13)5-15(20)18-7-10-2-4-14(17)12(10)8-18;/h1,3,6,10,12,14H,2,4-5,7-8,17H2;1H. The molecule has 3 unspecified atom stereocenters. The van der Waals surface area contributed by atoms with Crippen molar-refractivity contribution in [2.24, 2.45) is 17.6 Å². The second-order valence-electron chi connectivity index (χ2n) is 6.17. The third-order valence-electron chi connectivity index (χ3n) is 4.85. The van der Waals surface area contributed by atoms with Crippen LogP contribution in [0.4, 0.5) is 5.69 Å². The molecule has 0 bridgehead atoms. The van der Waals surface area contributed by atoms with Crippen molar-refractivity contribution in [2.45, 2.75) is 25.3 Å². The van der Waals surface area contributed by atoms with Crippen LogP contribution in [0.25, 0.3) is 0 Å². The molecule has 0 aromatic heterocycles. The van der Waals surface area contributed by atoms with Gasteiger partial charge in [0.15, 0.2) is 0 Å². The number of benzene rings is 1. The van der Waals surface area contributed by atoms with Gasteiger partial charge in [0, 0.05) is 35.7 Å². The van der Waals surface area contributed by atoms with Crippen molar-refractivity contribution in [3.63, 3.8) is 0 Å². The number of nitro groups is 1. The van der Waals surface area contributed by atoms with Gasteiger partial charge in [-0.15, -0.1) is 12.4 Å². The summed E-state index contributed by atoms with van der Waals surface area (Å²) in [5.74, 6) is 1.04. The molecule has 1 aliphatic heterocycles. The first-order chi connectivity index (χ1) is 10.5. The van der Waals surface area contributed by atoms with E-state index in [-0.39, 0.29) is 36.5 Å². The number of nitrogens with zero attached hydrogens (tertiary/aromatic N) is 2. The number of amides is 1. The number of carbonyl (C=O) groups is 1. The minimum absolute atomic E-state index is 0. The Morgan fingerprint density at radius 3 is 2.74 bits per heavy atom. The molecule has 6 nitrogen and oxygen atoms in total. The molecule has 2 aliphatic rings. The van der Waals surface area contributed by atoms with Gasteiger partial charge in [0.25, 0.3) is 5.69 Å². The van der Waals surface area contributed by atoms with Crippen LogP contribution in [-0.4, -0.2) is 34.9 Å². The van der Waals surface area contributed by atoms with Crippen molar-refractivity contribution >= 4 is 39.9 Å². The van der Waals surface area contributed by atoms with Crippen LogP contribution in [0.2, 0.25) is 0 Å². The predicted molar refractivity (Wildman–Crippen MR) is 92.5 cm³/mol. The second kappa shape index (κ2) is 7.15.